The molecule has 2 aliphatic heterocycles. The zero-order valence-electron chi connectivity index (χ0n) is 30.3. The minimum absolute atomic E-state index is 0.219. The minimum Gasteiger partial charge on any atom is -0.466 e. The molecule has 0 amide bonds. The third-order valence-corrected chi connectivity index (χ3v) is 11.4. The number of para-hydroxylation sites is 3. The Kier molecular flexibility index (Phi) is 6.94. The van der Waals surface area contributed by atoms with E-state index in [1.165, 1.54) is 44.5 Å². The van der Waals surface area contributed by atoms with Gasteiger partial charge in [-0.2, -0.15) is 0 Å². The number of hydrogen-bond donors (Lipinski definition) is 0. The molecule has 0 fully saturated rings. The molecule has 9 aromatic rings. The van der Waals surface area contributed by atoms with E-state index in [0.717, 1.165) is 80.6 Å². The highest BCUT2D eigenvalue weighted by molar-refractivity contribution is 6.93. The van der Waals surface area contributed by atoms with Crippen LogP contribution in [-0.4, -0.2) is 6.85 Å². The standard InChI is InChI=1S/C49H37BN2O2/c1-3-4-15-32-24-25-39(37(30-32)33-16-7-5-8-17-33)51-41-29-31(2)28-38-45-40(26-27-44-46(45)35-20-11-13-22-42(35)53-44)52(34-18-9-6-10-19-34)50(47(38)41)49-48(51)36-21-12-14-23-43(36)54-49/h5-14,16-30H,3-4,15H2,1-2H3. The van der Waals surface area contributed by atoms with Gasteiger partial charge in [-0.3, -0.25) is 0 Å². The molecule has 258 valence electrons. The molecule has 0 spiro atoms. The fourth-order valence-electron chi connectivity index (χ4n) is 9.13. The highest BCUT2D eigenvalue weighted by Gasteiger charge is 2.49. The average Bonchev–Trinajstić information content (AvgIpc) is 3.80. The van der Waals surface area contributed by atoms with Crippen molar-refractivity contribution in [2.75, 3.05) is 9.71 Å². The lowest BCUT2D eigenvalue weighted by Crippen LogP contribution is -2.61. The summed E-state index contributed by atoms with van der Waals surface area (Å²) in [6, 6.07) is 54.9. The topological polar surface area (TPSA) is 32.8 Å². The lowest BCUT2D eigenvalue weighted by atomic mass is 9.45. The van der Waals surface area contributed by atoms with E-state index in [1.807, 2.05) is 0 Å². The van der Waals surface area contributed by atoms with Crippen molar-refractivity contribution in [3.05, 3.63) is 163 Å². The van der Waals surface area contributed by atoms with Gasteiger partial charge in [0.25, 0.3) is 0 Å². The summed E-state index contributed by atoms with van der Waals surface area (Å²) >= 11 is 0. The van der Waals surface area contributed by atoms with Crippen molar-refractivity contribution in [3.63, 3.8) is 0 Å². The molecular weight excluding hydrogens is 659 g/mol. The number of hydrogen-bond acceptors (Lipinski definition) is 4. The fraction of sp³-hybridized carbons (Fsp3) is 0.102. The van der Waals surface area contributed by atoms with Gasteiger partial charge < -0.3 is 18.5 Å². The first-order valence-corrected chi connectivity index (χ1v) is 19.1. The van der Waals surface area contributed by atoms with Crippen molar-refractivity contribution in [1.29, 1.82) is 0 Å². The number of fused-ring (bicyclic) bond motifs is 10. The van der Waals surface area contributed by atoms with Gasteiger partial charge in [0.1, 0.15) is 22.4 Å². The van der Waals surface area contributed by atoms with Crippen LogP contribution in [0.2, 0.25) is 0 Å². The molecule has 0 atom stereocenters. The lowest BCUT2D eigenvalue weighted by molar-refractivity contribution is 0.650. The molecule has 0 aliphatic carbocycles. The third kappa shape index (κ3) is 4.51. The van der Waals surface area contributed by atoms with Gasteiger partial charge in [-0.05, 0) is 108 Å². The zero-order valence-corrected chi connectivity index (χ0v) is 30.3. The van der Waals surface area contributed by atoms with E-state index in [0.29, 0.717) is 0 Å². The van der Waals surface area contributed by atoms with Gasteiger partial charge in [-0.1, -0.05) is 104 Å². The van der Waals surface area contributed by atoms with Crippen molar-refractivity contribution in [3.8, 4) is 22.3 Å². The van der Waals surface area contributed by atoms with Crippen LogP contribution in [0.4, 0.5) is 28.4 Å². The Balaban J connectivity index is 1.29. The Morgan fingerprint density at radius 2 is 1.30 bits per heavy atom. The second kappa shape index (κ2) is 12.0. The van der Waals surface area contributed by atoms with Crippen molar-refractivity contribution >= 4 is 79.3 Å². The Morgan fingerprint density at radius 3 is 2.09 bits per heavy atom. The molecule has 2 aromatic heterocycles. The minimum atomic E-state index is -0.219. The predicted octanol–water partition coefficient (Wildman–Crippen LogP) is 12.4. The summed E-state index contributed by atoms with van der Waals surface area (Å²) in [5.74, 6) is 0. The summed E-state index contributed by atoms with van der Waals surface area (Å²) < 4.78 is 13.7. The Hall–Kier alpha value is -6.46. The Labute approximate surface area is 315 Å². The summed E-state index contributed by atoms with van der Waals surface area (Å²) in [5, 5.41) is 3.37. The highest BCUT2D eigenvalue weighted by atomic mass is 16.3. The Bertz CT molecular complexity index is 2910. The molecule has 11 rings (SSSR count). The summed E-state index contributed by atoms with van der Waals surface area (Å²) in [7, 11) is 0. The van der Waals surface area contributed by atoms with Crippen LogP contribution in [-0.2, 0) is 6.42 Å². The van der Waals surface area contributed by atoms with Crippen molar-refractivity contribution in [2.45, 2.75) is 33.1 Å². The quantitative estimate of drug-likeness (QED) is 0.162. The molecule has 0 bridgehead atoms. The maximum absolute atomic E-state index is 7.15. The fourth-order valence-corrected chi connectivity index (χ4v) is 9.13. The van der Waals surface area contributed by atoms with Gasteiger partial charge in [0.15, 0.2) is 0 Å². The van der Waals surface area contributed by atoms with Crippen LogP contribution in [0.1, 0.15) is 30.9 Å². The van der Waals surface area contributed by atoms with E-state index in [9.17, 15) is 0 Å². The van der Waals surface area contributed by atoms with Gasteiger partial charge in [0.05, 0.1) is 11.4 Å². The molecule has 0 saturated heterocycles. The number of benzene rings is 7. The molecule has 0 unspecified atom stereocenters. The smallest absolute Gasteiger partial charge is 0.375 e. The largest absolute Gasteiger partial charge is 0.466 e. The monoisotopic (exact) mass is 696 g/mol. The summed E-state index contributed by atoms with van der Waals surface area (Å²) in [6.45, 7) is 4.28. The average molecular weight is 697 g/mol. The van der Waals surface area contributed by atoms with Gasteiger partial charge in [0, 0.05) is 44.3 Å². The van der Waals surface area contributed by atoms with Gasteiger partial charge in [0.2, 0.25) is 0 Å². The van der Waals surface area contributed by atoms with Crippen LogP contribution >= 0.6 is 0 Å². The van der Waals surface area contributed by atoms with E-state index in [1.54, 1.807) is 0 Å². The highest BCUT2D eigenvalue weighted by Crippen LogP contribution is 2.53. The number of unbranched alkanes of at least 4 members (excludes halogenated alkanes) is 1. The van der Waals surface area contributed by atoms with Crippen LogP contribution in [0, 0.1) is 6.92 Å². The van der Waals surface area contributed by atoms with Crippen LogP contribution in [0.15, 0.2) is 160 Å². The molecule has 4 heterocycles. The second-order valence-corrected chi connectivity index (χ2v) is 14.8. The molecule has 4 nitrogen and oxygen atoms in total. The number of anilines is 5. The maximum atomic E-state index is 7.15. The number of nitrogens with zero attached hydrogens (tertiary/aromatic N) is 2. The number of aryl methyl sites for hydroxylation is 2. The summed E-state index contributed by atoms with van der Waals surface area (Å²) in [6.07, 6.45) is 3.37. The predicted molar refractivity (Wildman–Crippen MR) is 226 cm³/mol. The van der Waals surface area contributed by atoms with Crippen LogP contribution in [0.3, 0.4) is 0 Å². The normalized spacial score (nSPS) is 13.1. The molecule has 7 aromatic carbocycles. The Morgan fingerprint density at radius 1 is 0.593 bits per heavy atom. The third-order valence-electron chi connectivity index (χ3n) is 11.4. The maximum Gasteiger partial charge on any atom is 0.375 e. The molecule has 0 saturated carbocycles. The van der Waals surface area contributed by atoms with Crippen LogP contribution in [0.5, 0.6) is 0 Å². The van der Waals surface area contributed by atoms with E-state index in [2.05, 4.69) is 175 Å². The van der Waals surface area contributed by atoms with Crippen molar-refractivity contribution in [2.24, 2.45) is 0 Å². The van der Waals surface area contributed by atoms with E-state index < -0.39 is 0 Å². The van der Waals surface area contributed by atoms with E-state index in [-0.39, 0.29) is 6.85 Å². The molecule has 0 N–H and O–H groups in total. The SMILES string of the molecule is CCCCc1ccc(N2c3cc(C)cc4c3B(c3oc5ccccc5c32)N(c2ccccc2)c2ccc3oc5ccccc5c3c2-4)c(-c2ccccc2)c1. The molecule has 54 heavy (non-hydrogen) atoms. The first kappa shape index (κ1) is 31.1. The van der Waals surface area contributed by atoms with Crippen LogP contribution in [0.25, 0.3) is 55.2 Å². The first-order chi connectivity index (χ1) is 26.7. The summed E-state index contributed by atoms with van der Waals surface area (Å²) in [5.41, 5.74) is 17.9. The van der Waals surface area contributed by atoms with E-state index >= 15 is 0 Å². The van der Waals surface area contributed by atoms with Gasteiger partial charge >= 0.3 is 6.85 Å². The second-order valence-electron chi connectivity index (χ2n) is 14.8. The number of furan rings is 2. The lowest BCUT2D eigenvalue weighted by Gasteiger charge is -2.44. The molecule has 2 aliphatic rings. The molecule has 0 radical (unpaired) electrons. The number of rotatable bonds is 6. The summed E-state index contributed by atoms with van der Waals surface area (Å²) in [4.78, 5) is 5.01. The van der Waals surface area contributed by atoms with Crippen molar-refractivity contribution in [1.82, 2.24) is 0 Å². The first-order valence-electron chi connectivity index (χ1n) is 19.1. The molecule has 5 heteroatoms. The zero-order chi connectivity index (χ0) is 35.9. The van der Waals surface area contributed by atoms with Crippen molar-refractivity contribution < 1.29 is 8.83 Å². The van der Waals surface area contributed by atoms with Gasteiger partial charge in [-0.15, -0.1) is 0 Å². The van der Waals surface area contributed by atoms with E-state index in [4.69, 9.17) is 8.83 Å². The van der Waals surface area contributed by atoms with Crippen LogP contribution < -0.4 is 20.8 Å². The molecular formula is C49H37BN2O2. The van der Waals surface area contributed by atoms with Gasteiger partial charge in [-0.25, -0.2) is 0 Å².